The molecule has 0 aliphatic rings. The number of hydrogen-bond donors (Lipinski definition) is 2. The minimum absolute atomic E-state index is 0.180. The molecule has 1 unspecified atom stereocenters. The predicted octanol–water partition coefficient (Wildman–Crippen LogP) is 1.64. The molecular weight excluding hydrogens is 290 g/mol. The Kier molecular flexibility index (Phi) is 3.79. The first-order chi connectivity index (χ1) is 9.61. The summed E-state index contributed by atoms with van der Waals surface area (Å²) >= 11 is 0. The van der Waals surface area contributed by atoms with E-state index in [9.17, 15) is 13.2 Å². The Labute approximate surface area is 123 Å². The molecule has 0 aliphatic heterocycles. The number of aromatic amines is 1. The normalized spacial score (nSPS) is 14.1. The van der Waals surface area contributed by atoms with E-state index in [1.807, 2.05) is 0 Å². The van der Waals surface area contributed by atoms with Crippen LogP contribution in [0, 0.1) is 0 Å². The highest BCUT2D eigenvalue weighted by Crippen LogP contribution is 2.18. The lowest BCUT2D eigenvalue weighted by Crippen LogP contribution is -2.47. The molecule has 0 spiro atoms. The number of aromatic nitrogens is 2. The number of fused-ring (bicyclic) bond motifs is 1. The molecule has 0 bridgehead atoms. The van der Waals surface area contributed by atoms with Crippen molar-refractivity contribution in [1.82, 2.24) is 15.3 Å². The fraction of sp³-hybridized carbons (Fsp3) is 0.429. The first-order valence-corrected chi connectivity index (χ1v) is 8.16. The molecule has 1 amide bonds. The van der Waals surface area contributed by atoms with Gasteiger partial charge in [-0.15, -0.1) is 0 Å². The van der Waals surface area contributed by atoms with E-state index in [1.165, 1.54) is 6.92 Å². The highest BCUT2D eigenvalue weighted by atomic mass is 32.2. The molecule has 2 N–H and O–H groups in total. The smallest absolute Gasteiger partial charge is 0.238 e. The van der Waals surface area contributed by atoms with Crippen LogP contribution < -0.4 is 5.32 Å². The van der Waals surface area contributed by atoms with Crippen LogP contribution in [0.1, 0.15) is 27.7 Å². The van der Waals surface area contributed by atoms with Gasteiger partial charge in [0.05, 0.1) is 11.0 Å². The minimum atomic E-state index is -3.85. The number of rotatable bonds is 3. The van der Waals surface area contributed by atoms with Crippen LogP contribution in [0.2, 0.25) is 0 Å². The Morgan fingerprint density at radius 3 is 2.48 bits per heavy atom. The van der Waals surface area contributed by atoms with Gasteiger partial charge in [-0.3, -0.25) is 4.79 Å². The topological polar surface area (TPSA) is 91.9 Å². The van der Waals surface area contributed by atoms with Gasteiger partial charge in [-0.1, -0.05) is 12.1 Å². The van der Waals surface area contributed by atoms with Gasteiger partial charge in [-0.2, -0.15) is 0 Å². The summed E-state index contributed by atoms with van der Waals surface area (Å²) in [4.78, 5) is 18.9. The van der Waals surface area contributed by atoms with Gasteiger partial charge in [0.1, 0.15) is 5.25 Å². The second kappa shape index (κ2) is 5.14. The highest BCUT2D eigenvalue weighted by Gasteiger charge is 2.33. The maximum absolute atomic E-state index is 12.5. The Bertz CT molecular complexity index is 739. The fourth-order valence-electron chi connectivity index (χ4n) is 1.84. The van der Waals surface area contributed by atoms with Crippen LogP contribution in [0.25, 0.3) is 11.0 Å². The monoisotopic (exact) mass is 309 g/mol. The van der Waals surface area contributed by atoms with Crippen LogP contribution in [0.3, 0.4) is 0 Å². The SMILES string of the molecule is CC(C(=O)NC(C)(C)C)S(=O)(=O)c1nc2ccccc2[nH]1. The highest BCUT2D eigenvalue weighted by molar-refractivity contribution is 7.92. The summed E-state index contributed by atoms with van der Waals surface area (Å²) in [7, 11) is -3.85. The standard InChI is InChI=1S/C14H19N3O3S/c1-9(12(18)17-14(2,3)4)21(19,20)13-15-10-7-5-6-8-11(10)16-13/h5-9H,1-4H3,(H,15,16)(H,17,18). The molecule has 6 nitrogen and oxygen atoms in total. The first kappa shape index (κ1) is 15.5. The van der Waals surface area contributed by atoms with Crippen molar-refractivity contribution in [3.8, 4) is 0 Å². The zero-order valence-corrected chi connectivity index (χ0v) is 13.3. The fourth-order valence-corrected chi connectivity index (χ4v) is 3.00. The van der Waals surface area contributed by atoms with E-state index in [0.29, 0.717) is 11.0 Å². The number of nitrogens with one attached hydrogen (secondary N) is 2. The van der Waals surface area contributed by atoms with Crippen molar-refractivity contribution < 1.29 is 13.2 Å². The molecule has 1 heterocycles. The van der Waals surface area contributed by atoms with Crippen LogP contribution in [0.4, 0.5) is 0 Å². The lowest BCUT2D eigenvalue weighted by molar-refractivity contribution is -0.121. The van der Waals surface area contributed by atoms with Gasteiger partial charge < -0.3 is 10.3 Å². The summed E-state index contributed by atoms with van der Waals surface area (Å²) in [5.41, 5.74) is 0.688. The van der Waals surface area contributed by atoms with E-state index in [2.05, 4.69) is 15.3 Å². The number of H-pyrrole nitrogens is 1. The van der Waals surface area contributed by atoms with Crippen molar-refractivity contribution in [3.05, 3.63) is 24.3 Å². The maximum atomic E-state index is 12.5. The number of para-hydroxylation sites is 2. The number of benzene rings is 1. The third kappa shape index (κ3) is 3.24. The molecule has 0 saturated heterocycles. The number of imidazole rings is 1. The Morgan fingerprint density at radius 2 is 1.90 bits per heavy atom. The van der Waals surface area contributed by atoms with E-state index < -0.39 is 26.5 Å². The summed E-state index contributed by atoms with van der Waals surface area (Å²) in [6, 6.07) is 7.01. The number of amides is 1. The van der Waals surface area contributed by atoms with Gasteiger partial charge in [-0.05, 0) is 39.8 Å². The summed E-state index contributed by atoms with van der Waals surface area (Å²) in [5, 5.41) is 1.28. The molecule has 0 radical (unpaired) electrons. The summed E-state index contributed by atoms with van der Waals surface area (Å²) in [5.74, 6) is -0.539. The lowest BCUT2D eigenvalue weighted by Gasteiger charge is -2.22. The molecular formula is C14H19N3O3S. The molecule has 2 aromatic rings. The average molecular weight is 309 g/mol. The van der Waals surface area contributed by atoms with Crippen molar-refractivity contribution in [2.75, 3.05) is 0 Å². The van der Waals surface area contributed by atoms with Crippen LogP contribution in [-0.4, -0.2) is 35.1 Å². The van der Waals surface area contributed by atoms with E-state index in [4.69, 9.17) is 0 Å². The molecule has 0 fully saturated rings. The number of carbonyl (C=O) groups is 1. The van der Waals surface area contributed by atoms with Crippen LogP contribution in [0.15, 0.2) is 29.4 Å². The lowest BCUT2D eigenvalue weighted by atomic mass is 10.1. The zero-order valence-electron chi connectivity index (χ0n) is 12.5. The third-order valence-electron chi connectivity index (χ3n) is 2.97. The van der Waals surface area contributed by atoms with Gasteiger partial charge in [0.2, 0.25) is 20.9 Å². The third-order valence-corrected chi connectivity index (χ3v) is 4.85. The quantitative estimate of drug-likeness (QED) is 0.901. The van der Waals surface area contributed by atoms with E-state index in [-0.39, 0.29) is 5.16 Å². The Hall–Kier alpha value is -1.89. The van der Waals surface area contributed by atoms with Crippen LogP contribution in [0.5, 0.6) is 0 Å². The van der Waals surface area contributed by atoms with E-state index >= 15 is 0 Å². The number of carbonyl (C=O) groups excluding carboxylic acids is 1. The van der Waals surface area contributed by atoms with Gasteiger partial charge in [-0.25, -0.2) is 13.4 Å². The van der Waals surface area contributed by atoms with Crippen molar-refractivity contribution in [3.63, 3.8) is 0 Å². The largest absolute Gasteiger partial charge is 0.350 e. The Balaban J connectivity index is 2.34. The van der Waals surface area contributed by atoms with Crippen molar-refractivity contribution in [2.45, 2.75) is 43.6 Å². The van der Waals surface area contributed by atoms with Gasteiger partial charge in [0.15, 0.2) is 0 Å². The molecule has 1 aromatic heterocycles. The summed E-state index contributed by atoms with van der Waals surface area (Å²) in [6.07, 6.45) is 0. The second-order valence-electron chi connectivity index (χ2n) is 5.99. The van der Waals surface area contributed by atoms with Crippen LogP contribution >= 0.6 is 0 Å². The van der Waals surface area contributed by atoms with E-state index in [1.54, 1.807) is 45.0 Å². The number of hydrogen-bond acceptors (Lipinski definition) is 4. The maximum Gasteiger partial charge on any atom is 0.238 e. The number of sulfone groups is 1. The van der Waals surface area contributed by atoms with Gasteiger partial charge in [0.25, 0.3) is 0 Å². The first-order valence-electron chi connectivity index (χ1n) is 6.62. The van der Waals surface area contributed by atoms with Gasteiger partial charge in [0, 0.05) is 5.54 Å². The van der Waals surface area contributed by atoms with E-state index in [0.717, 1.165) is 0 Å². The molecule has 0 aliphatic carbocycles. The molecule has 1 aromatic carbocycles. The summed E-state index contributed by atoms with van der Waals surface area (Å²) < 4.78 is 24.9. The molecule has 1 atom stereocenters. The average Bonchev–Trinajstić information content (AvgIpc) is 2.80. The summed E-state index contributed by atoms with van der Waals surface area (Å²) in [6.45, 7) is 6.76. The van der Waals surface area contributed by atoms with Gasteiger partial charge >= 0.3 is 0 Å². The molecule has 2 rings (SSSR count). The molecule has 0 saturated carbocycles. The molecule has 114 valence electrons. The molecule has 21 heavy (non-hydrogen) atoms. The van der Waals surface area contributed by atoms with Crippen molar-refractivity contribution in [1.29, 1.82) is 0 Å². The number of nitrogens with zero attached hydrogens (tertiary/aromatic N) is 1. The van der Waals surface area contributed by atoms with Crippen molar-refractivity contribution in [2.24, 2.45) is 0 Å². The zero-order chi connectivity index (χ0) is 15.8. The predicted molar refractivity (Wildman–Crippen MR) is 80.6 cm³/mol. The Morgan fingerprint density at radius 1 is 1.29 bits per heavy atom. The minimum Gasteiger partial charge on any atom is -0.350 e. The van der Waals surface area contributed by atoms with Crippen molar-refractivity contribution >= 4 is 26.8 Å². The van der Waals surface area contributed by atoms with Crippen LogP contribution in [-0.2, 0) is 14.6 Å². The molecule has 7 heteroatoms. The second-order valence-corrected chi connectivity index (χ2v) is 8.17.